The van der Waals surface area contributed by atoms with E-state index >= 15 is 0 Å². The first-order valence-electron chi connectivity index (χ1n) is 3.87. The smallest absolute Gasteiger partial charge is 0.339 e. The molecule has 0 heterocycles. The topological polar surface area (TPSA) is 86.5 Å². The van der Waals surface area contributed by atoms with Gasteiger partial charge in [-0.1, -0.05) is 11.6 Å². The number of hydrogen-bond donors (Lipinski definition) is 1. The molecule has 0 atom stereocenters. The van der Waals surface area contributed by atoms with Gasteiger partial charge in [0.2, 0.25) is 10.0 Å². The molecule has 0 bridgehead atoms. The van der Waals surface area contributed by atoms with E-state index in [1.165, 1.54) is 19.2 Å². The molecule has 0 spiro atoms. The largest absolute Gasteiger partial charge is 0.465 e. The summed E-state index contributed by atoms with van der Waals surface area (Å²) in [5.41, 5.74) is 0.0691. The fourth-order valence-electron chi connectivity index (χ4n) is 1.03. The van der Waals surface area contributed by atoms with E-state index < -0.39 is 16.0 Å². The molecule has 0 aliphatic rings. The van der Waals surface area contributed by atoms with Gasteiger partial charge in [0.25, 0.3) is 0 Å². The molecule has 0 saturated heterocycles. The zero-order valence-electron chi connectivity index (χ0n) is 8.03. The van der Waals surface area contributed by atoms with Gasteiger partial charge in [0.1, 0.15) is 0 Å². The van der Waals surface area contributed by atoms with Gasteiger partial charge in [-0.25, -0.2) is 18.4 Å². The van der Waals surface area contributed by atoms with E-state index in [1.54, 1.807) is 22.6 Å². The van der Waals surface area contributed by atoms with Crippen LogP contribution in [0.4, 0.5) is 0 Å². The van der Waals surface area contributed by atoms with Gasteiger partial charge in [0.15, 0.2) is 0 Å². The van der Waals surface area contributed by atoms with Crippen molar-refractivity contribution in [2.24, 2.45) is 5.14 Å². The van der Waals surface area contributed by atoms with Gasteiger partial charge < -0.3 is 4.74 Å². The molecular formula is C8H7ClINO4S. The summed E-state index contributed by atoms with van der Waals surface area (Å²) in [6.45, 7) is 0. The van der Waals surface area contributed by atoms with Crippen LogP contribution < -0.4 is 5.14 Å². The number of hydrogen-bond acceptors (Lipinski definition) is 4. The van der Waals surface area contributed by atoms with Crippen LogP contribution in [0.2, 0.25) is 5.02 Å². The number of esters is 1. The van der Waals surface area contributed by atoms with Crippen LogP contribution in [-0.2, 0) is 14.8 Å². The van der Waals surface area contributed by atoms with Crippen molar-refractivity contribution in [3.05, 3.63) is 26.3 Å². The molecule has 0 amide bonds. The lowest BCUT2D eigenvalue weighted by Crippen LogP contribution is -2.16. The van der Waals surface area contributed by atoms with Crippen molar-refractivity contribution in [2.45, 2.75) is 4.90 Å². The Bertz CT molecular complexity index is 543. The zero-order chi connectivity index (χ0) is 12.5. The predicted octanol–water partition coefficient (Wildman–Crippen LogP) is 1.38. The van der Waals surface area contributed by atoms with Gasteiger partial charge in [-0.15, -0.1) is 0 Å². The molecule has 0 aliphatic carbocycles. The van der Waals surface area contributed by atoms with Gasteiger partial charge in [-0.2, -0.15) is 0 Å². The first-order valence-corrected chi connectivity index (χ1v) is 6.88. The molecule has 0 aliphatic heterocycles. The standard InChI is InChI=1S/C8H7ClINO4S/c1-15-8(12)5-2-4(9)3-6(7(5)10)16(11,13)14/h2-3H,1H3,(H2,11,13,14). The molecule has 0 radical (unpaired) electrons. The highest BCUT2D eigenvalue weighted by molar-refractivity contribution is 14.1. The third-order valence-electron chi connectivity index (χ3n) is 1.72. The Morgan fingerprint density at radius 1 is 1.50 bits per heavy atom. The second kappa shape index (κ2) is 4.86. The minimum absolute atomic E-state index is 0.0691. The van der Waals surface area contributed by atoms with Crippen LogP contribution in [-0.4, -0.2) is 21.5 Å². The molecule has 8 heteroatoms. The third kappa shape index (κ3) is 2.84. The van der Waals surface area contributed by atoms with Gasteiger partial charge in [0.05, 0.1) is 17.6 Å². The lowest BCUT2D eigenvalue weighted by Gasteiger charge is -2.07. The summed E-state index contributed by atoms with van der Waals surface area (Å²) in [6, 6.07) is 2.51. The molecular weight excluding hydrogens is 369 g/mol. The maximum atomic E-state index is 11.3. The Morgan fingerprint density at radius 3 is 2.50 bits per heavy atom. The van der Waals surface area contributed by atoms with E-state index in [4.69, 9.17) is 16.7 Å². The number of methoxy groups -OCH3 is 1. The normalized spacial score (nSPS) is 11.2. The monoisotopic (exact) mass is 375 g/mol. The number of carbonyl (C=O) groups is 1. The number of primary sulfonamides is 1. The summed E-state index contributed by atoms with van der Waals surface area (Å²) in [5, 5.41) is 5.10. The Hall–Kier alpha value is -0.380. The van der Waals surface area contributed by atoms with Crippen molar-refractivity contribution in [2.75, 3.05) is 7.11 Å². The van der Waals surface area contributed by atoms with Crippen molar-refractivity contribution < 1.29 is 17.9 Å². The van der Waals surface area contributed by atoms with E-state index in [1.807, 2.05) is 0 Å². The van der Waals surface area contributed by atoms with Crippen molar-refractivity contribution in [3.63, 3.8) is 0 Å². The van der Waals surface area contributed by atoms with E-state index in [9.17, 15) is 13.2 Å². The number of benzene rings is 1. The van der Waals surface area contributed by atoms with Crippen LogP contribution in [0.25, 0.3) is 0 Å². The number of carbonyl (C=O) groups excluding carboxylic acids is 1. The molecule has 2 N–H and O–H groups in total. The molecule has 88 valence electrons. The molecule has 0 fully saturated rings. The summed E-state index contributed by atoms with van der Waals surface area (Å²) < 4.78 is 27.2. The van der Waals surface area contributed by atoms with Gasteiger partial charge in [-0.3, -0.25) is 0 Å². The molecule has 1 rings (SSSR count). The summed E-state index contributed by atoms with van der Waals surface area (Å²) in [4.78, 5) is 11.2. The van der Waals surface area contributed by atoms with Crippen molar-refractivity contribution >= 4 is 50.2 Å². The minimum Gasteiger partial charge on any atom is -0.465 e. The van der Waals surface area contributed by atoms with Gasteiger partial charge >= 0.3 is 5.97 Å². The second-order valence-electron chi connectivity index (χ2n) is 2.80. The van der Waals surface area contributed by atoms with Crippen LogP contribution in [0.15, 0.2) is 17.0 Å². The Labute approximate surface area is 111 Å². The second-order valence-corrected chi connectivity index (χ2v) is 5.85. The fourth-order valence-corrected chi connectivity index (χ4v) is 3.42. The molecule has 1 aromatic carbocycles. The predicted molar refractivity (Wildman–Crippen MR) is 66.9 cm³/mol. The minimum atomic E-state index is -3.92. The van der Waals surface area contributed by atoms with E-state index in [-0.39, 0.29) is 19.1 Å². The molecule has 0 unspecified atom stereocenters. The fraction of sp³-hybridized carbons (Fsp3) is 0.125. The van der Waals surface area contributed by atoms with Crippen LogP contribution in [0.1, 0.15) is 10.4 Å². The Balaban J connectivity index is 3.56. The average Bonchev–Trinajstić information content (AvgIpc) is 2.18. The third-order valence-corrected chi connectivity index (χ3v) is 4.40. The van der Waals surface area contributed by atoms with E-state index in [0.29, 0.717) is 0 Å². The quantitative estimate of drug-likeness (QED) is 0.625. The molecule has 0 aromatic heterocycles. The lowest BCUT2D eigenvalue weighted by molar-refractivity contribution is 0.0599. The van der Waals surface area contributed by atoms with E-state index in [2.05, 4.69) is 4.74 Å². The maximum absolute atomic E-state index is 11.3. The zero-order valence-corrected chi connectivity index (χ0v) is 11.8. The molecule has 5 nitrogen and oxygen atoms in total. The van der Waals surface area contributed by atoms with E-state index in [0.717, 1.165) is 0 Å². The maximum Gasteiger partial charge on any atom is 0.339 e. The first-order chi connectivity index (χ1) is 7.27. The average molecular weight is 376 g/mol. The summed E-state index contributed by atoms with van der Waals surface area (Å²) >= 11 is 7.40. The van der Waals surface area contributed by atoms with Crippen LogP contribution in [0.5, 0.6) is 0 Å². The van der Waals surface area contributed by atoms with Crippen LogP contribution in [0, 0.1) is 3.57 Å². The summed E-state index contributed by atoms with van der Waals surface area (Å²) in [5.74, 6) is -0.670. The summed E-state index contributed by atoms with van der Waals surface area (Å²) in [6.07, 6.45) is 0. The first kappa shape index (κ1) is 13.7. The SMILES string of the molecule is COC(=O)c1cc(Cl)cc(S(N)(=O)=O)c1I. The van der Waals surface area contributed by atoms with Crippen molar-refractivity contribution in [3.8, 4) is 0 Å². The lowest BCUT2D eigenvalue weighted by atomic mass is 10.2. The number of nitrogens with two attached hydrogens (primary N) is 1. The van der Waals surface area contributed by atoms with Crippen molar-refractivity contribution in [1.29, 1.82) is 0 Å². The number of halogens is 2. The number of ether oxygens (including phenoxy) is 1. The van der Waals surface area contributed by atoms with Crippen LogP contribution >= 0.6 is 34.2 Å². The molecule has 1 aromatic rings. The van der Waals surface area contributed by atoms with Crippen LogP contribution in [0.3, 0.4) is 0 Å². The Kier molecular flexibility index (Phi) is 4.16. The Morgan fingerprint density at radius 2 is 2.06 bits per heavy atom. The highest BCUT2D eigenvalue weighted by atomic mass is 127. The highest BCUT2D eigenvalue weighted by Crippen LogP contribution is 2.26. The molecule has 0 saturated carbocycles. The molecule has 16 heavy (non-hydrogen) atoms. The van der Waals surface area contributed by atoms with Gasteiger partial charge in [-0.05, 0) is 34.7 Å². The number of sulfonamides is 1. The summed E-state index contributed by atoms with van der Waals surface area (Å²) in [7, 11) is -2.73. The van der Waals surface area contributed by atoms with Gasteiger partial charge in [0, 0.05) is 8.59 Å². The highest BCUT2D eigenvalue weighted by Gasteiger charge is 2.20. The van der Waals surface area contributed by atoms with Crippen molar-refractivity contribution in [1.82, 2.24) is 0 Å². The number of rotatable bonds is 2.